The van der Waals surface area contributed by atoms with Gasteiger partial charge in [0.25, 0.3) is 5.91 Å². The van der Waals surface area contributed by atoms with Gasteiger partial charge in [0, 0.05) is 11.8 Å². The van der Waals surface area contributed by atoms with E-state index in [0.29, 0.717) is 15.8 Å². The summed E-state index contributed by atoms with van der Waals surface area (Å²) in [5.74, 6) is 0.686. The number of hydrogen-bond acceptors (Lipinski definition) is 6. The molecule has 33 heavy (non-hydrogen) atoms. The number of ether oxygens (including phenoxy) is 1. The van der Waals surface area contributed by atoms with E-state index in [-0.39, 0.29) is 5.91 Å². The number of para-hydroxylation sites is 1. The first kappa shape index (κ1) is 21.6. The molecule has 1 fully saturated rings. The molecule has 0 aliphatic carbocycles. The number of nitrogens with zero attached hydrogens (tertiary/aromatic N) is 3. The fraction of sp³-hybridized carbons (Fsp3) is 0.0800. The molecule has 0 bridgehead atoms. The van der Waals surface area contributed by atoms with E-state index in [1.807, 2.05) is 89.1 Å². The molecule has 0 N–H and O–H groups in total. The number of aromatic nitrogens is 2. The Hall–Kier alpha value is -3.20. The van der Waals surface area contributed by atoms with E-state index < -0.39 is 0 Å². The molecule has 0 spiro atoms. The maximum Gasteiger partial charge on any atom is 0.266 e. The highest BCUT2D eigenvalue weighted by Gasteiger charge is 2.32. The van der Waals surface area contributed by atoms with Gasteiger partial charge in [-0.25, -0.2) is 4.68 Å². The van der Waals surface area contributed by atoms with Crippen LogP contribution in [0.4, 0.5) is 0 Å². The normalized spacial score (nSPS) is 14.9. The van der Waals surface area contributed by atoms with Crippen LogP contribution in [0.3, 0.4) is 0 Å². The van der Waals surface area contributed by atoms with Crippen LogP contribution in [0.15, 0.2) is 83.2 Å². The first-order valence-electron chi connectivity index (χ1n) is 10.2. The van der Waals surface area contributed by atoms with E-state index in [4.69, 9.17) is 22.1 Å². The number of amides is 1. The molecule has 2 aromatic heterocycles. The Morgan fingerprint density at radius 1 is 1.06 bits per heavy atom. The molecule has 1 saturated heterocycles. The van der Waals surface area contributed by atoms with Crippen LogP contribution < -0.4 is 4.74 Å². The van der Waals surface area contributed by atoms with Gasteiger partial charge < -0.3 is 4.74 Å². The molecule has 0 atom stereocenters. The highest BCUT2D eigenvalue weighted by Crippen LogP contribution is 2.36. The van der Waals surface area contributed by atoms with Crippen molar-refractivity contribution in [1.29, 1.82) is 0 Å². The number of hydrogen-bond donors (Lipinski definition) is 0. The van der Waals surface area contributed by atoms with Crippen LogP contribution >= 0.6 is 35.3 Å². The van der Waals surface area contributed by atoms with Crippen LogP contribution in [0, 0.1) is 0 Å². The number of thioether (sulfide) groups is 1. The molecule has 8 heteroatoms. The number of benzene rings is 2. The molecule has 164 valence electrons. The van der Waals surface area contributed by atoms with Crippen LogP contribution in [0.25, 0.3) is 22.3 Å². The molecular formula is C25H19N3O2S3. The van der Waals surface area contributed by atoms with Crippen molar-refractivity contribution in [2.24, 2.45) is 0 Å². The number of carbonyl (C=O) groups is 1. The molecule has 5 rings (SSSR count). The van der Waals surface area contributed by atoms with E-state index in [9.17, 15) is 4.79 Å². The fourth-order valence-electron chi connectivity index (χ4n) is 3.50. The van der Waals surface area contributed by atoms with Gasteiger partial charge in [-0.3, -0.25) is 9.69 Å². The minimum Gasteiger partial charge on any atom is -0.497 e. The Morgan fingerprint density at radius 3 is 2.55 bits per heavy atom. The van der Waals surface area contributed by atoms with E-state index in [1.165, 1.54) is 11.8 Å². The molecule has 4 aromatic rings. The summed E-state index contributed by atoms with van der Waals surface area (Å²) < 4.78 is 7.61. The number of methoxy groups -OCH3 is 1. The van der Waals surface area contributed by atoms with E-state index in [1.54, 1.807) is 23.3 Å². The van der Waals surface area contributed by atoms with Gasteiger partial charge >= 0.3 is 0 Å². The lowest BCUT2D eigenvalue weighted by Gasteiger charge is -2.14. The third kappa shape index (κ3) is 4.50. The van der Waals surface area contributed by atoms with Crippen molar-refractivity contribution < 1.29 is 9.53 Å². The number of carbonyl (C=O) groups excluding carboxylic acids is 1. The Bertz CT molecular complexity index is 1330. The predicted octanol–water partition coefficient (Wildman–Crippen LogP) is 6.01. The van der Waals surface area contributed by atoms with Crippen LogP contribution in [-0.4, -0.2) is 32.0 Å². The number of thiocarbonyl (C=S) groups is 1. The summed E-state index contributed by atoms with van der Waals surface area (Å²) in [6.45, 7) is 0.424. The van der Waals surface area contributed by atoms with Crippen molar-refractivity contribution in [2.75, 3.05) is 7.11 Å². The van der Waals surface area contributed by atoms with Gasteiger partial charge in [-0.2, -0.15) is 5.10 Å². The first-order chi connectivity index (χ1) is 16.1. The number of thiophene rings is 1. The molecular weight excluding hydrogens is 470 g/mol. The van der Waals surface area contributed by atoms with E-state index in [2.05, 4.69) is 0 Å². The average molecular weight is 490 g/mol. The zero-order valence-electron chi connectivity index (χ0n) is 17.7. The Kier molecular flexibility index (Phi) is 6.13. The Balaban J connectivity index is 1.46. The first-order valence-corrected chi connectivity index (χ1v) is 12.3. The van der Waals surface area contributed by atoms with Gasteiger partial charge in [0.05, 0.1) is 29.1 Å². The van der Waals surface area contributed by atoms with Crippen molar-refractivity contribution in [3.05, 3.63) is 94.3 Å². The second-order valence-corrected chi connectivity index (χ2v) is 9.93. The van der Waals surface area contributed by atoms with Gasteiger partial charge in [-0.1, -0.05) is 60.4 Å². The lowest BCUT2D eigenvalue weighted by Crippen LogP contribution is -2.27. The van der Waals surface area contributed by atoms with E-state index in [0.717, 1.165) is 33.1 Å². The highest BCUT2D eigenvalue weighted by molar-refractivity contribution is 8.26. The predicted molar refractivity (Wildman–Crippen MR) is 139 cm³/mol. The zero-order chi connectivity index (χ0) is 22.8. The SMILES string of the molecule is COc1ccc(CN2C(=O)C(=Cc3cn(-c4ccccc4)nc3-c3cccs3)SC2=S)cc1. The monoisotopic (exact) mass is 489 g/mol. The van der Waals surface area contributed by atoms with Gasteiger partial charge in [0.15, 0.2) is 0 Å². The summed E-state index contributed by atoms with van der Waals surface area (Å²) in [6, 6.07) is 21.6. The molecule has 0 radical (unpaired) electrons. The van der Waals surface area contributed by atoms with Crippen molar-refractivity contribution in [1.82, 2.24) is 14.7 Å². The van der Waals surface area contributed by atoms with Gasteiger partial charge in [0.1, 0.15) is 15.8 Å². The van der Waals surface area contributed by atoms with Crippen molar-refractivity contribution in [3.63, 3.8) is 0 Å². The van der Waals surface area contributed by atoms with Gasteiger partial charge in [-0.05, 0) is 47.4 Å². The lowest BCUT2D eigenvalue weighted by molar-refractivity contribution is -0.122. The number of rotatable bonds is 6. The summed E-state index contributed by atoms with van der Waals surface area (Å²) in [5, 5.41) is 6.84. The zero-order valence-corrected chi connectivity index (χ0v) is 20.1. The third-order valence-electron chi connectivity index (χ3n) is 5.18. The summed E-state index contributed by atoms with van der Waals surface area (Å²) in [7, 11) is 1.63. The minimum atomic E-state index is -0.0922. The molecule has 3 heterocycles. The molecule has 2 aromatic carbocycles. The standard InChI is InChI=1S/C25H19N3O2S3/c1-30-20-11-9-17(10-12-20)15-27-24(29)22(33-25(27)31)14-18-16-28(19-6-3-2-4-7-19)26-23(18)21-8-5-13-32-21/h2-14,16H,15H2,1H3. The van der Waals surface area contributed by atoms with Crippen LogP contribution in [0.1, 0.15) is 11.1 Å². The van der Waals surface area contributed by atoms with Crippen LogP contribution in [0.5, 0.6) is 5.75 Å². The largest absolute Gasteiger partial charge is 0.497 e. The maximum atomic E-state index is 13.2. The van der Waals surface area contributed by atoms with Gasteiger partial charge in [-0.15, -0.1) is 11.3 Å². The molecule has 5 nitrogen and oxygen atoms in total. The highest BCUT2D eigenvalue weighted by atomic mass is 32.2. The smallest absolute Gasteiger partial charge is 0.266 e. The van der Waals surface area contributed by atoms with Gasteiger partial charge in [0.2, 0.25) is 0 Å². The topological polar surface area (TPSA) is 47.4 Å². The second kappa shape index (κ2) is 9.35. The van der Waals surface area contributed by atoms with Crippen LogP contribution in [0.2, 0.25) is 0 Å². The summed E-state index contributed by atoms with van der Waals surface area (Å²) in [4.78, 5) is 16.5. The Labute approximate surface area is 205 Å². The van der Waals surface area contributed by atoms with Crippen molar-refractivity contribution >= 4 is 51.6 Å². The average Bonchev–Trinajstić information content (AvgIpc) is 3.57. The fourth-order valence-corrected chi connectivity index (χ4v) is 5.48. The Morgan fingerprint density at radius 2 is 1.85 bits per heavy atom. The van der Waals surface area contributed by atoms with Crippen molar-refractivity contribution in [2.45, 2.75) is 6.54 Å². The molecule has 1 amide bonds. The third-order valence-corrected chi connectivity index (χ3v) is 7.43. The molecule has 0 saturated carbocycles. The lowest BCUT2D eigenvalue weighted by atomic mass is 10.2. The van der Waals surface area contributed by atoms with E-state index >= 15 is 0 Å². The summed E-state index contributed by atoms with van der Waals surface area (Å²) in [6.07, 6.45) is 3.86. The molecule has 0 unspecified atom stereocenters. The maximum absolute atomic E-state index is 13.2. The minimum absolute atomic E-state index is 0.0922. The van der Waals surface area contributed by atoms with Crippen molar-refractivity contribution in [3.8, 4) is 22.0 Å². The van der Waals surface area contributed by atoms with Crippen LogP contribution in [-0.2, 0) is 11.3 Å². The second-order valence-electron chi connectivity index (χ2n) is 7.31. The molecule has 1 aliphatic heterocycles. The summed E-state index contributed by atoms with van der Waals surface area (Å²) in [5.41, 5.74) is 3.67. The quantitative estimate of drug-likeness (QED) is 0.245. The molecule has 1 aliphatic rings. The summed E-state index contributed by atoms with van der Waals surface area (Å²) >= 11 is 8.48.